The van der Waals surface area contributed by atoms with Gasteiger partial charge in [0.2, 0.25) is 0 Å². The molecule has 2 aromatic rings. The number of halogens is 2. The van der Waals surface area contributed by atoms with Crippen LogP contribution in [0.25, 0.3) is 0 Å². The molecule has 2 N–H and O–H groups in total. The first kappa shape index (κ1) is 14.2. The van der Waals surface area contributed by atoms with E-state index in [4.69, 9.17) is 17.3 Å². The molecule has 0 bridgehead atoms. The number of aromatic nitrogens is 2. The van der Waals surface area contributed by atoms with Crippen LogP contribution in [-0.4, -0.2) is 21.6 Å². The van der Waals surface area contributed by atoms with Crippen LogP contribution in [0.1, 0.15) is 30.1 Å². The van der Waals surface area contributed by atoms with Gasteiger partial charge in [0.25, 0.3) is 0 Å². The van der Waals surface area contributed by atoms with Gasteiger partial charge in [-0.05, 0) is 49.2 Å². The minimum atomic E-state index is -0.314. The van der Waals surface area contributed by atoms with Crippen molar-refractivity contribution in [1.82, 2.24) is 15.1 Å². The summed E-state index contributed by atoms with van der Waals surface area (Å²) < 4.78 is 13.1. The van der Waals surface area contributed by atoms with Gasteiger partial charge in [-0.25, -0.2) is 4.39 Å². The van der Waals surface area contributed by atoms with Crippen LogP contribution in [0.15, 0.2) is 30.3 Å². The van der Waals surface area contributed by atoms with E-state index < -0.39 is 0 Å². The molecule has 21 heavy (non-hydrogen) atoms. The molecule has 0 spiro atoms. The van der Waals surface area contributed by atoms with Crippen molar-refractivity contribution in [3.05, 3.63) is 52.4 Å². The number of rotatable bonds is 3. The third-order valence-corrected chi connectivity index (χ3v) is 4.15. The molecule has 1 saturated heterocycles. The average Bonchev–Trinajstić information content (AvgIpc) is 2.91. The highest BCUT2D eigenvalue weighted by Gasteiger charge is 2.27. The molecule has 1 atom stereocenters. The molecule has 2 heterocycles. The maximum atomic E-state index is 13.1. The highest BCUT2D eigenvalue weighted by molar-refractivity contribution is 6.31. The van der Waals surface area contributed by atoms with Crippen molar-refractivity contribution < 1.29 is 4.39 Å². The van der Waals surface area contributed by atoms with Crippen LogP contribution in [0.5, 0.6) is 0 Å². The molecule has 6 heteroatoms. The van der Waals surface area contributed by atoms with E-state index in [9.17, 15) is 4.39 Å². The number of likely N-dealkylation sites (tertiary alicyclic amines) is 1. The van der Waals surface area contributed by atoms with Gasteiger partial charge in [0.1, 0.15) is 11.6 Å². The number of nitrogens with two attached hydrogens (primary N) is 1. The summed E-state index contributed by atoms with van der Waals surface area (Å²) >= 11 is 6.11. The van der Waals surface area contributed by atoms with Crippen LogP contribution in [-0.2, 0) is 6.54 Å². The average molecular weight is 307 g/mol. The highest BCUT2D eigenvalue weighted by Crippen LogP contribution is 2.33. The lowest BCUT2D eigenvalue weighted by Crippen LogP contribution is -2.24. The number of hydrogen-bond acceptors (Lipinski definition) is 4. The summed E-state index contributed by atoms with van der Waals surface area (Å²) in [6.07, 6.45) is 2.12. The first-order valence-electron chi connectivity index (χ1n) is 6.90. The molecule has 1 aliphatic heterocycles. The summed E-state index contributed by atoms with van der Waals surface area (Å²) in [4.78, 5) is 2.29. The van der Waals surface area contributed by atoms with Gasteiger partial charge in [-0.2, -0.15) is 5.10 Å². The molecule has 1 unspecified atom stereocenters. The lowest BCUT2D eigenvalue weighted by Gasteiger charge is -2.24. The summed E-state index contributed by atoms with van der Waals surface area (Å²) in [6, 6.07) is 8.42. The fourth-order valence-corrected chi connectivity index (χ4v) is 2.98. The van der Waals surface area contributed by atoms with Gasteiger partial charge in [0, 0.05) is 11.6 Å². The fraction of sp³-hybridized carbons (Fsp3) is 0.333. The lowest BCUT2D eigenvalue weighted by atomic mass is 10.1. The van der Waals surface area contributed by atoms with Crippen molar-refractivity contribution in [2.75, 3.05) is 12.3 Å². The SMILES string of the molecule is Nc1ccc(C2CCCN2Cc2ccc(F)cc2Cl)nn1. The van der Waals surface area contributed by atoms with E-state index in [0.717, 1.165) is 30.6 Å². The van der Waals surface area contributed by atoms with E-state index >= 15 is 0 Å². The Morgan fingerprint density at radius 2 is 2.14 bits per heavy atom. The fourth-order valence-electron chi connectivity index (χ4n) is 2.75. The normalized spacial score (nSPS) is 19.0. The minimum absolute atomic E-state index is 0.208. The predicted octanol–water partition coefficient (Wildman–Crippen LogP) is 3.19. The van der Waals surface area contributed by atoms with E-state index in [-0.39, 0.29) is 11.9 Å². The lowest BCUT2D eigenvalue weighted by molar-refractivity contribution is 0.243. The van der Waals surface area contributed by atoms with Crippen LogP contribution >= 0.6 is 11.6 Å². The Balaban J connectivity index is 1.79. The number of anilines is 1. The van der Waals surface area contributed by atoms with E-state index in [2.05, 4.69) is 15.1 Å². The Morgan fingerprint density at radius 1 is 1.29 bits per heavy atom. The zero-order valence-electron chi connectivity index (χ0n) is 11.5. The molecule has 4 nitrogen and oxygen atoms in total. The Morgan fingerprint density at radius 3 is 2.86 bits per heavy atom. The first-order chi connectivity index (χ1) is 10.1. The second-order valence-corrected chi connectivity index (χ2v) is 5.65. The van der Waals surface area contributed by atoms with E-state index in [1.807, 2.05) is 6.07 Å². The van der Waals surface area contributed by atoms with E-state index in [0.29, 0.717) is 17.4 Å². The molecular formula is C15H16ClFN4. The first-order valence-corrected chi connectivity index (χ1v) is 7.28. The third kappa shape index (κ3) is 3.14. The standard InChI is InChI=1S/C15H16ClFN4/c16-12-8-11(17)4-3-10(12)9-21-7-1-2-14(21)13-5-6-15(18)20-19-13/h3-6,8,14H,1-2,7,9H2,(H2,18,20). The summed E-state index contributed by atoms with van der Waals surface area (Å²) in [7, 11) is 0. The van der Waals surface area contributed by atoms with Crippen LogP contribution in [0.4, 0.5) is 10.2 Å². The van der Waals surface area contributed by atoms with Crippen molar-refractivity contribution in [2.45, 2.75) is 25.4 Å². The molecule has 0 aliphatic carbocycles. The van der Waals surface area contributed by atoms with Gasteiger partial charge in [-0.15, -0.1) is 5.10 Å². The molecule has 1 aromatic carbocycles. The smallest absolute Gasteiger partial charge is 0.146 e. The van der Waals surface area contributed by atoms with Gasteiger partial charge >= 0.3 is 0 Å². The summed E-state index contributed by atoms with van der Waals surface area (Å²) in [5.74, 6) is 0.107. The van der Waals surface area contributed by atoms with Gasteiger partial charge in [-0.3, -0.25) is 4.90 Å². The maximum Gasteiger partial charge on any atom is 0.146 e. The second-order valence-electron chi connectivity index (χ2n) is 5.25. The van der Waals surface area contributed by atoms with Crippen LogP contribution < -0.4 is 5.73 Å². The molecule has 0 amide bonds. The Bertz CT molecular complexity index is 632. The topological polar surface area (TPSA) is 55.0 Å². The maximum absolute atomic E-state index is 13.1. The second kappa shape index (κ2) is 5.95. The molecule has 1 aliphatic rings. The molecular weight excluding hydrogens is 291 g/mol. The Labute approximate surface area is 127 Å². The Hall–Kier alpha value is -1.72. The number of benzene rings is 1. The Kier molecular flexibility index (Phi) is 4.03. The molecule has 1 aromatic heterocycles. The zero-order valence-corrected chi connectivity index (χ0v) is 12.2. The van der Waals surface area contributed by atoms with Crippen molar-refractivity contribution in [3.8, 4) is 0 Å². The van der Waals surface area contributed by atoms with E-state index in [1.54, 1.807) is 12.1 Å². The number of nitrogens with zero attached hydrogens (tertiary/aromatic N) is 3. The molecule has 0 radical (unpaired) electrons. The van der Waals surface area contributed by atoms with Gasteiger partial charge in [0.05, 0.1) is 11.7 Å². The molecule has 3 rings (SSSR count). The monoisotopic (exact) mass is 306 g/mol. The van der Waals surface area contributed by atoms with Crippen molar-refractivity contribution in [1.29, 1.82) is 0 Å². The largest absolute Gasteiger partial charge is 0.382 e. The number of hydrogen-bond donors (Lipinski definition) is 1. The summed E-state index contributed by atoms with van der Waals surface area (Å²) in [5, 5.41) is 8.56. The van der Waals surface area contributed by atoms with Crippen molar-refractivity contribution >= 4 is 17.4 Å². The number of nitrogen functional groups attached to an aromatic ring is 1. The molecule has 110 valence electrons. The predicted molar refractivity (Wildman–Crippen MR) is 80.2 cm³/mol. The summed E-state index contributed by atoms with van der Waals surface area (Å²) in [5.41, 5.74) is 7.42. The summed E-state index contributed by atoms with van der Waals surface area (Å²) in [6.45, 7) is 1.64. The quantitative estimate of drug-likeness (QED) is 0.946. The minimum Gasteiger partial charge on any atom is -0.382 e. The van der Waals surface area contributed by atoms with Crippen LogP contribution in [0, 0.1) is 5.82 Å². The molecule has 0 saturated carbocycles. The molecule has 1 fully saturated rings. The van der Waals surface area contributed by atoms with Gasteiger partial charge < -0.3 is 5.73 Å². The third-order valence-electron chi connectivity index (χ3n) is 3.80. The van der Waals surface area contributed by atoms with Crippen LogP contribution in [0.3, 0.4) is 0 Å². The van der Waals surface area contributed by atoms with Crippen LogP contribution in [0.2, 0.25) is 5.02 Å². The van der Waals surface area contributed by atoms with Crippen molar-refractivity contribution in [2.24, 2.45) is 0 Å². The highest BCUT2D eigenvalue weighted by atomic mass is 35.5. The zero-order chi connectivity index (χ0) is 14.8. The van der Waals surface area contributed by atoms with Gasteiger partial charge in [-0.1, -0.05) is 17.7 Å². The van der Waals surface area contributed by atoms with E-state index in [1.165, 1.54) is 12.1 Å². The van der Waals surface area contributed by atoms with Gasteiger partial charge in [0.15, 0.2) is 0 Å². The van der Waals surface area contributed by atoms with Crippen molar-refractivity contribution in [3.63, 3.8) is 0 Å².